The summed E-state index contributed by atoms with van der Waals surface area (Å²) in [7, 11) is 0. The average Bonchev–Trinajstić information content (AvgIpc) is 2.93. The highest BCUT2D eigenvalue weighted by molar-refractivity contribution is 7.16. The number of thiophene rings is 1. The number of hydrogen-bond donors (Lipinski definition) is 2. The van der Waals surface area contributed by atoms with Crippen LogP contribution < -0.4 is 11.1 Å². The molecular weight excluding hydrogens is 314 g/mol. The SMILES string of the molecule is Cc1csc(C(=O)Nc2nc3c(s2)C[C@@H](N)CC3)c1Cl. The van der Waals surface area contributed by atoms with Gasteiger partial charge in [-0.25, -0.2) is 4.98 Å². The number of nitrogens with two attached hydrogens (primary N) is 1. The van der Waals surface area contributed by atoms with E-state index in [1.165, 1.54) is 27.6 Å². The Bertz CT molecular complexity index is 665. The van der Waals surface area contributed by atoms with Crippen molar-refractivity contribution in [1.82, 2.24) is 4.98 Å². The molecule has 0 fully saturated rings. The molecule has 1 aliphatic carbocycles. The molecule has 0 bridgehead atoms. The minimum Gasteiger partial charge on any atom is -0.327 e. The first kappa shape index (κ1) is 14.0. The Balaban J connectivity index is 1.78. The first-order chi connectivity index (χ1) is 9.54. The lowest BCUT2D eigenvalue weighted by Crippen LogP contribution is -2.27. The van der Waals surface area contributed by atoms with Crippen LogP contribution in [0.2, 0.25) is 5.02 Å². The number of carbonyl (C=O) groups is 1. The molecule has 0 spiro atoms. The fourth-order valence-corrected chi connectivity index (χ4v) is 4.46. The number of rotatable bonds is 2. The van der Waals surface area contributed by atoms with Gasteiger partial charge < -0.3 is 5.73 Å². The highest BCUT2D eigenvalue weighted by atomic mass is 35.5. The fraction of sp³-hybridized carbons (Fsp3) is 0.385. The van der Waals surface area contributed by atoms with Crippen molar-refractivity contribution in [3.63, 3.8) is 0 Å². The number of fused-ring (bicyclic) bond motifs is 1. The number of aromatic nitrogens is 1. The lowest BCUT2D eigenvalue weighted by atomic mass is 9.99. The van der Waals surface area contributed by atoms with E-state index in [1.807, 2.05) is 12.3 Å². The monoisotopic (exact) mass is 327 g/mol. The summed E-state index contributed by atoms with van der Waals surface area (Å²) in [6, 6.07) is 0.209. The number of amides is 1. The van der Waals surface area contributed by atoms with E-state index in [-0.39, 0.29) is 11.9 Å². The molecule has 1 amide bonds. The maximum Gasteiger partial charge on any atom is 0.269 e. The summed E-state index contributed by atoms with van der Waals surface area (Å²) in [5, 5.41) is 5.88. The third kappa shape index (κ3) is 2.61. The van der Waals surface area contributed by atoms with E-state index in [2.05, 4.69) is 10.3 Å². The van der Waals surface area contributed by atoms with Crippen molar-refractivity contribution in [2.45, 2.75) is 32.2 Å². The fourth-order valence-electron chi connectivity index (χ4n) is 2.19. The lowest BCUT2D eigenvalue weighted by molar-refractivity contribution is 0.103. The molecule has 4 nitrogen and oxygen atoms in total. The van der Waals surface area contributed by atoms with E-state index in [9.17, 15) is 4.79 Å². The van der Waals surface area contributed by atoms with Gasteiger partial charge in [0.1, 0.15) is 4.88 Å². The van der Waals surface area contributed by atoms with Crippen molar-refractivity contribution in [1.29, 1.82) is 0 Å². The minimum absolute atomic E-state index is 0.191. The summed E-state index contributed by atoms with van der Waals surface area (Å²) in [4.78, 5) is 18.4. The van der Waals surface area contributed by atoms with Gasteiger partial charge in [-0.3, -0.25) is 10.1 Å². The van der Waals surface area contributed by atoms with Gasteiger partial charge in [0.15, 0.2) is 5.13 Å². The average molecular weight is 328 g/mol. The van der Waals surface area contributed by atoms with Crippen LogP contribution in [0.3, 0.4) is 0 Å². The Morgan fingerprint density at radius 2 is 2.40 bits per heavy atom. The van der Waals surface area contributed by atoms with E-state index in [0.717, 1.165) is 30.5 Å². The van der Waals surface area contributed by atoms with Crippen LogP contribution in [-0.4, -0.2) is 16.9 Å². The molecular formula is C13H14ClN3OS2. The topological polar surface area (TPSA) is 68.0 Å². The number of nitrogens with one attached hydrogen (secondary N) is 1. The number of aryl methyl sites for hydroxylation is 2. The van der Waals surface area contributed by atoms with Crippen molar-refractivity contribution < 1.29 is 4.79 Å². The first-order valence-electron chi connectivity index (χ1n) is 6.33. The number of hydrogen-bond acceptors (Lipinski definition) is 5. The van der Waals surface area contributed by atoms with Gasteiger partial charge in [-0.1, -0.05) is 11.6 Å². The molecule has 0 aromatic carbocycles. The predicted octanol–water partition coefficient (Wildman–Crippen LogP) is 3.23. The molecule has 0 radical (unpaired) electrons. The summed E-state index contributed by atoms with van der Waals surface area (Å²) in [5.74, 6) is -0.191. The Hall–Kier alpha value is -0.950. The molecule has 106 valence electrons. The smallest absolute Gasteiger partial charge is 0.269 e. The van der Waals surface area contributed by atoms with Crippen molar-refractivity contribution >= 4 is 45.3 Å². The molecule has 1 aliphatic rings. The standard InChI is InChI=1S/C13H14ClN3OS2/c1-6-5-19-11(10(6)14)12(18)17-13-16-8-3-2-7(15)4-9(8)20-13/h5,7H,2-4,15H2,1H3,(H,16,17,18)/t7-/m0/s1. The van der Waals surface area contributed by atoms with Gasteiger partial charge in [0.25, 0.3) is 5.91 Å². The Kier molecular flexibility index (Phi) is 3.81. The van der Waals surface area contributed by atoms with Crippen molar-refractivity contribution in [2.24, 2.45) is 5.73 Å². The number of carbonyl (C=O) groups excluding carboxylic acids is 1. The Morgan fingerprint density at radius 3 is 3.10 bits per heavy atom. The zero-order chi connectivity index (χ0) is 14.3. The molecule has 1 atom stereocenters. The third-order valence-electron chi connectivity index (χ3n) is 3.30. The van der Waals surface area contributed by atoms with Crippen LogP contribution in [-0.2, 0) is 12.8 Å². The van der Waals surface area contributed by atoms with Gasteiger partial charge >= 0.3 is 0 Å². The zero-order valence-corrected chi connectivity index (χ0v) is 13.3. The summed E-state index contributed by atoms with van der Waals surface area (Å²) in [6.45, 7) is 1.89. The van der Waals surface area contributed by atoms with Crippen LogP contribution in [0.1, 0.15) is 32.2 Å². The molecule has 20 heavy (non-hydrogen) atoms. The van der Waals surface area contributed by atoms with E-state index in [4.69, 9.17) is 17.3 Å². The second-order valence-electron chi connectivity index (χ2n) is 4.91. The number of nitrogens with zero attached hydrogens (tertiary/aromatic N) is 1. The number of halogens is 1. The van der Waals surface area contributed by atoms with Crippen LogP contribution in [0.15, 0.2) is 5.38 Å². The van der Waals surface area contributed by atoms with E-state index in [0.29, 0.717) is 15.0 Å². The highest BCUT2D eigenvalue weighted by Crippen LogP contribution is 2.31. The maximum absolute atomic E-state index is 12.2. The molecule has 7 heteroatoms. The zero-order valence-electron chi connectivity index (χ0n) is 10.9. The summed E-state index contributed by atoms with van der Waals surface area (Å²) >= 11 is 8.97. The molecule has 2 heterocycles. The summed E-state index contributed by atoms with van der Waals surface area (Å²) < 4.78 is 0. The van der Waals surface area contributed by atoms with Crippen molar-refractivity contribution in [3.8, 4) is 0 Å². The quantitative estimate of drug-likeness (QED) is 0.889. The van der Waals surface area contributed by atoms with Crippen molar-refractivity contribution in [2.75, 3.05) is 5.32 Å². The number of anilines is 1. The Morgan fingerprint density at radius 1 is 1.60 bits per heavy atom. The van der Waals surface area contributed by atoms with Gasteiger partial charge in [-0.05, 0) is 37.1 Å². The molecule has 0 saturated heterocycles. The highest BCUT2D eigenvalue weighted by Gasteiger charge is 2.22. The van der Waals surface area contributed by atoms with Gasteiger partial charge in [0.2, 0.25) is 0 Å². The normalized spacial score (nSPS) is 17.9. The van der Waals surface area contributed by atoms with Gasteiger partial charge in [-0.15, -0.1) is 22.7 Å². The molecule has 0 saturated carbocycles. The van der Waals surface area contributed by atoms with E-state index < -0.39 is 0 Å². The van der Waals surface area contributed by atoms with Crippen LogP contribution in [0.25, 0.3) is 0 Å². The van der Waals surface area contributed by atoms with Crippen LogP contribution >= 0.6 is 34.3 Å². The molecule has 0 aliphatic heterocycles. The lowest BCUT2D eigenvalue weighted by Gasteiger charge is -2.15. The third-order valence-corrected chi connectivity index (χ3v) is 6.03. The van der Waals surface area contributed by atoms with Crippen LogP contribution in [0.4, 0.5) is 5.13 Å². The number of thiazole rings is 1. The predicted molar refractivity (Wildman–Crippen MR) is 84.1 cm³/mol. The summed E-state index contributed by atoms with van der Waals surface area (Å²) in [5.41, 5.74) is 7.94. The summed E-state index contributed by atoms with van der Waals surface area (Å²) in [6.07, 6.45) is 2.70. The van der Waals surface area contributed by atoms with Crippen LogP contribution in [0.5, 0.6) is 0 Å². The minimum atomic E-state index is -0.191. The molecule has 3 rings (SSSR count). The first-order valence-corrected chi connectivity index (χ1v) is 8.41. The van der Waals surface area contributed by atoms with Gasteiger partial charge in [0.05, 0.1) is 10.7 Å². The van der Waals surface area contributed by atoms with E-state index in [1.54, 1.807) is 0 Å². The van der Waals surface area contributed by atoms with Crippen LogP contribution in [0, 0.1) is 6.92 Å². The van der Waals surface area contributed by atoms with Gasteiger partial charge in [-0.2, -0.15) is 0 Å². The van der Waals surface area contributed by atoms with Crippen molar-refractivity contribution in [3.05, 3.63) is 31.4 Å². The second kappa shape index (κ2) is 5.44. The Labute approximate surface area is 130 Å². The molecule has 2 aromatic rings. The molecule has 2 aromatic heterocycles. The largest absolute Gasteiger partial charge is 0.327 e. The van der Waals surface area contributed by atoms with Gasteiger partial charge in [0, 0.05) is 10.9 Å². The van der Waals surface area contributed by atoms with E-state index >= 15 is 0 Å². The maximum atomic E-state index is 12.2. The second-order valence-corrected chi connectivity index (χ2v) is 7.25. The molecule has 0 unspecified atom stereocenters. The molecule has 3 N–H and O–H groups in total.